The Kier molecular flexibility index (Phi) is 8.22. The van der Waals surface area contributed by atoms with Crippen LogP contribution in [0, 0.1) is 29.9 Å². The van der Waals surface area contributed by atoms with Crippen LogP contribution in [-0.4, -0.2) is 57.4 Å². The number of hydrogen-bond donors (Lipinski definition) is 0. The molecule has 2 aliphatic heterocycles. The molecular weight excluding hydrogens is 588 g/mol. The average molecular weight is 612 g/mol. The van der Waals surface area contributed by atoms with Crippen LogP contribution in [0.1, 0.15) is 29.2 Å². The van der Waals surface area contributed by atoms with E-state index in [1.54, 1.807) is 16.9 Å². The molecule has 0 spiro atoms. The molecule has 0 saturated carbocycles. The average Bonchev–Trinajstić information content (AvgIpc) is 3.49. The molecule has 42 heavy (non-hydrogen) atoms. The zero-order valence-corrected chi connectivity index (χ0v) is 23.9. The van der Waals surface area contributed by atoms with Gasteiger partial charge in [0, 0.05) is 34.9 Å². The normalized spacial score (nSPS) is 25.5. The van der Waals surface area contributed by atoms with Gasteiger partial charge >= 0.3 is 0 Å². The minimum absolute atomic E-state index is 0.0764. The Balaban J connectivity index is 1.39. The van der Waals surface area contributed by atoms with Crippen molar-refractivity contribution < 1.29 is 27.7 Å². The van der Waals surface area contributed by atoms with Gasteiger partial charge in [-0.2, -0.15) is 5.26 Å². The van der Waals surface area contributed by atoms with Gasteiger partial charge in [0.1, 0.15) is 53.2 Å². The van der Waals surface area contributed by atoms with Crippen LogP contribution in [0.2, 0.25) is 5.02 Å². The third-order valence-electron chi connectivity index (χ3n) is 7.21. The largest absolute Gasteiger partial charge is 0.375 e. The standard InChI is InChI=1S/C29H24ClF2N5O4S/c1-15-19(31)8-17(9-20(15)32)22-13-37(36-35-22)25-26-23(14-39-28(41-26)16-6-4-3-5-7-16)40-29(27(25)38-2)42-24-10-18(30)12-34-21(24)11-33/h3-10,12-13,23,25-29H,14H2,1-2H3. The Morgan fingerprint density at radius 2 is 1.90 bits per heavy atom. The highest BCUT2D eigenvalue weighted by Crippen LogP contribution is 2.45. The molecular formula is C29H24ClF2N5O4S. The summed E-state index contributed by atoms with van der Waals surface area (Å²) in [5, 5.41) is 18.6. The first kappa shape index (κ1) is 28.7. The van der Waals surface area contributed by atoms with Crippen LogP contribution in [-0.2, 0) is 18.9 Å². The molecule has 2 aromatic carbocycles. The molecule has 2 aromatic heterocycles. The molecule has 0 radical (unpaired) electrons. The van der Waals surface area contributed by atoms with Crippen LogP contribution in [0.15, 0.2) is 65.8 Å². The number of nitriles is 1. The number of halogens is 3. The molecule has 0 aliphatic carbocycles. The number of ether oxygens (including phenoxy) is 4. The fraction of sp³-hybridized carbons (Fsp3) is 0.310. The van der Waals surface area contributed by atoms with Gasteiger partial charge in [0.15, 0.2) is 12.0 Å². The van der Waals surface area contributed by atoms with Crippen LogP contribution >= 0.6 is 23.4 Å². The second kappa shape index (κ2) is 12.0. The fourth-order valence-corrected chi connectivity index (χ4v) is 6.54. The van der Waals surface area contributed by atoms with E-state index in [0.717, 1.165) is 5.56 Å². The van der Waals surface area contributed by atoms with Gasteiger partial charge in [0.2, 0.25) is 0 Å². The summed E-state index contributed by atoms with van der Waals surface area (Å²) in [4.78, 5) is 4.64. The predicted molar refractivity (Wildman–Crippen MR) is 148 cm³/mol. The van der Waals surface area contributed by atoms with Gasteiger partial charge < -0.3 is 18.9 Å². The monoisotopic (exact) mass is 611 g/mol. The van der Waals surface area contributed by atoms with Crippen LogP contribution < -0.4 is 0 Å². The summed E-state index contributed by atoms with van der Waals surface area (Å²) in [5.74, 6) is -1.36. The Morgan fingerprint density at radius 3 is 2.62 bits per heavy atom. The van der Waals surface area contributed by atoms with Gasteiger partial charge in [-0.15, -0.1) is 5.10 Å². The maximum absolute atomic E-state index is 14.4. The van der Waals surface area contributed by atoms with Crippen molar-refractivity contribution in [3.8, 4) is 17.3 Å². The molecule has 6 rings (SSSR count). The Labute approximate surface area is 249 Å². The van der Waals surface area contributed by atoms with Crippen LogP contribution in [0.4, 0.5) is 8.78 Å². The Hall–Kier alpha value is -3.44. The van der Waals surface area contributed by atoms with E-state index in [1.807, 2.05) is 30.3 Å². The first-order valence-corrected chi connectivity index (χ1v) is 14.2. The molecule has 13 heteroatoms. The second-order valence-electron chi connectivity index (χ2n) is 9.79. The van der Waals surface area contributed by atoms with Gasteiger partial charge in [-0.3, -0.25) is 0 Å². The minimum atomic E-state index is -0.683. The zero-order chi connectivity index (χ0) is 29.4. The lowest BCUT2D eigenvalue weighted by molar-refractivity contribution is -0.308. The number of hydrogen-bond acceptors (Lipinski definition) is 9. The number of methoxy groups -OCH3 is 1. The second-order valence-corrected chi connectivity index (χ2v) is 11.4. The van der Waals surface area contributed by atoms with Gasteiger partial charge in [-0.1, -0.05) is 58.9 Å². The van der Waals surface area contributed by atoms with E-state index in [0.29, 0.717) is 9.92 Å². The molecule has 9 nitrogen and oxygen atoms in total. The molecule has 0 N–H and O–H groups in total. The molecule has 4 heterocycles. The van der Waals surface area contributed by atoms with E-state index in [2.05, 4.69) is 21.4 Å². The SMILES string of the molecule is COC1C(Sc2cc(Cl)cnc2C#N)OC2COC(c3ccccc3)OC2C1n1cc(-c2cc(F)c(C)c(F)c2)nn1. The van der Waals surface area contributed by atoms with Crippen molar-refractivity contribution >= 4 is 23.4 Å². The summed E-state index contributed by atoms with van der Waals surface area (Å²) in [7, 11) is 1.53. The topological polar surface area (TPSA) is 104 Å². The highest BCUT2D eigenvalue weighted by atomic mass is 35.5. The minimum Gasteiger partial charge on any atom is -0.375 e. The lowest BCUT2D eigenvalue weighted by Gasteiger charge is -2.48. The maximum Gasteiger partial charge on any atom is 0.184 e. The van der Waals surface area contributed by atoms with Crippen molar-refractivity contribution in [2.75, 3.05) is 13.7 Å². The number of nitrogens with zero attached hydrogens (tertiary/aromatic N) is 5. The molecule has 4 aromatic rings. The van der Waals surface area contributed by atoms with E-state index in [1.165, 1.54) is 44.1 Å². The quantitative estimate of drug-likeness (QED) is 0.274. The molecule has 0 bridgehead atoms. The summed E-state index contributed by atoms with van der Waals surface area (Å²) in [6, 6.07) is 15.0. The molecule has 2 aliphatic rings. The summed E-state index contributed by atoms with van der Waals surface area (Å²) in [5.41, 5.74) is 0.780. The van der Waals surface area contributed by atoms with Gasteiger partial charge in [-0.05, 0) is 25.1 Å². The Morgan fingerprint density at radius 1 is 1.14 bits per heavy atom. The predicted octanol–water partition coefficient (Wildman–Crippen LogP) is 5.64. The van der Waals surface area contributed by atoms with Crippen molar-refractivity contribution in [3.63, 3.8) is 0 Å². The van der Waals surface area contributed by atoms with E-state index in [4.69, 9.17) is 30.5 Å². The van der Waals surface area contributed by atoms with Crippen LogP contribution in [0.3, 0.4) is 0 Å². The summed E-state index contributed by atoms with van der Waals surface area (Å²) < 4.78 is 55.3. The van der Waals surface area contributed by atoms with Gasteiger partial charge in [0.05, 0.1) is 17.8 Å². The van der Waals surface area contributed by atoms with Crippen molar-refractivity contribution in [1.82, 2.24) is 20.0 Å². The van der Waals surface area contributed by atoms with E-state index >= 15 is 0 Å². The maximum atomic E-state index is 14.4. The van der Waals surface area contributed by atoms with E-state index in [-0.39, 0.29) is 29.1 Å². The third-order valence-corrected chi connectivity index (χ3v) is 8.60. The van der Waals surface area contributed by atoms with Crippen LogP contribution in [0.25, 0.3) is 11.3 Å². The number of thioether (sulfide) groups is 1. The van der Waals surface area contributed by atoms with E-state index < -0.39 is 47.7 Å². The molecule has 6 atom stereocenters. The van der Waals surface area contributed by atoms with Gasteiger partial charge in [-0.25, -0.2) is 18.4 Å². The lowest BCUT2D eigenvalue weighted by atomic mass is 9.95. The van der Waals surface area contributed by atoms with E-state index in [9.17, 15) is 14.0 Å². The van der Waals surface area contributed by atoms with Crippen molar-refractivity contribution in [2.45, 2.75) is 47.9 Å². The highest BCUT2D eigenvalue weighted by molar-refractivity contribution is 7.99. The molecule has 6 unspecified atom stereocenters. The number of rotatable bonds is 6. The lowest BCUT2D eigenvalue weighted by Crippen LogP contribution is -2.59. The van der Waals surface area contributed by atoms with Crippen molar-refractivity contribution in [2.24, 2.45) is 0 Å². The number of aromatic nitrogens is 4. The fourth-order valence-electron chi connectivity index (χ4n) is 5.06. The summed E-state index contributed by atoms with van der Waals surface area (Å²) in [6.45, 7) is 1.57. The first-order valence-electron chi connectivity index (χ1n) is 13.0. The Bertz CT molecular complexity index is 1620. The number of benzene rings is 2. The smallest absolute Gasteiger partial charge is 0.184 e. The highest BCUT2D eigenvalue weighted by Gasteiger charge is 2.52. The van der Waals surface area contributed by atoms with Gasteiger partial charge in [0.25, 0.3) is 0 Å². The number of fused-ring (bicyclic) bond motifs is 1. The van der Waals surface area contributed by atoms with Crippen LogP contribution in [0.5, 0.6) is 0 Å². The van der Waals surface area contributed by atoms with Crippen molar-refractivity contribution in [1.29, 1.82) is 5.26 Å². The molecule has 0 amide bonds. The molecule has 2 saturated heterocycles. The first-order chi connectivity index (χ1) is 20.4. The molecule has 2 fully saturated rings. The molecule has 216 valence electrons. The zero-order valence-electron chi connectivity index (χ0n) is 22.4. The third kappa shape index (κ3) is 5.51. The van der Waals surface area contributed by atoms with Crippen molar-refractivity contribution in [3.05, 3.63) is 94.4 Å². The number of pyridine rings is 1. The summed E-state index contributed by atoms with van der Waals surface area (Å²) in [6.07, 6.45) is 0.475. The summed E-state index contributed by atoms with van der Waals surface area (Å²) >= 11 is 7.43.